The van der Waals surface area contributed by atoms with Crippen molar-refractivity contribution < 1.29 is 14.3 Å². The summed E-state index contributed by atoms with van der Waals surface area (Å²) in [7, 11) is 1.59. The fourth-order valence-corrected chi connectivity index (χ4v) is 1.59. The summed E-state index contributed by atoms with van der Waals surface area (Å²) in [6.45, 7) is 2.48. The Morgan fingerprint density at radius 3 is 2.81 bits per heavy atom. The average molecular weight is 288 g/mol. The Balaban J connectivity index is 2.57. The van der Waals surface area contributed by atoms with Gasteiger partial charge in [0.2, 0.25) is 0 Å². The largest absolute Gasteiger partial charge is 0.497 e. The van der Waals surface area contributed by atoms with Gasteiger partial charge >= 0.3 is 0 Å². The molecule has 0 heterocycles. The van der Waals surface area contributed by atoms with Gasteiger partial charge in [0.05, 0.1) is 11.6 Å². The third kappa shape index (κ3) is 3.73. The molecule has 0 spiro atoms. The Labute approximate surface area is 103 Å². The zero-order chi connectivity index (χ0) is 12.0. The van der Waals surface area contributed by atoms with E-state index in [1.807, 2.05) is 6.92 Å². The molecule has 16 heavy (non-hydrogen) atoms. The van der Waals surface area contributed by atoms with E-state index in [0.717, 1.165) is 10.2 Å². The molecule has 0 saturated carbocycles. The van der Waals surface area contributed by atoms with Crippen LogP contribution in [0.5, 0.6) is 11.5 Å². The van der Waals surface area contributed by atoms with Crippen molar-refractivity contribution in [3.63, 3.8) is 0 Å². The molecule has 0 fully saturated rings. The van der Waals surface area contributed by atoms with Gasteiger partial charge < -0.3 is 14.8 Å². The molecule has 4 nitrogen and oxygen atoms in total. The predicted molar refractivity (Wildman–Crippen MR) is 64.9 cm³/mol. The van der Waals surface area contributed by atoms with Crippen molar-refractivity contribution in [3.05, 3.63) is 22.7 Å². The molecule has 0 bridgehead atoms. The number of hydrogen-bond donors (Lipinski definition) is 1. The van der Waals surface area contributed by atoms with Gasteiger partial charge in [-0.2, -0.15) is 0 Å². The molecule has 1 N–H and O–H groups in total. The van der Waals surface area contributed by atoms with Crippen LogP contribution in [0.4, 0.5) is 0 Å². The molecule has 5 heteroatoms. The minimum Gasteiger partial charge on any atom is -0.497 e. The highest BCUT2D eigenvalue weighted by molar-refractivity contribution is 9.10. The molecule has 0 aliphatic rings. The zero-order valence-corrected chi connectivity index (χ0v) is 10.8. The number of amides is 1. The molecule has 0 aliphatic carbocycles. The van der Waals surface area contributed by atoms with Gasteiger partial charge in [0.25, 0.3) is 5.91 Å². The highest BCUT2D eigenvalue weighted by Gasteiger charge is 2.05. The van der Waals surface area contributed by atoms with E-state index in [-0.39, 0.29) is 12.5 Å². The first-order valence-corrected chi connectivity index (χ1v) is 5.69. The van der Waals surface area contributed by atoms with E-state index in [1.54, 1.807) is 25.3 Å². The Morgan fingerprint density at radius 2 is 2.25 bits per heavy atom. The van der Waals surface area contributed by atoms with E-state index < -0.39 is 0 Å². The SMILES string of the molecule is CCNC(=O)COc1ccc(OC)cc1Br. The van der Waals surface area contributed by atoms with Crippen LogP contribution in [0.25, 0.3) is 0 Å². The number of likely N-dealkylation sites (N-methyl/N-ethyl adjacent to an activating group) is 1. The molecular weight excluding hydrogens is 274 g/mol. The van der Waals surface area contributed by atoms with E-state index in [4.69, 9.17) is 9.47 Å². The van der Waals surface area contributed by atoms with Crippen LogP contribution >= 0.6 is 15.9 Å². The van der Waals surface area contributed by atoms with Gasteiger partial charge in [-0.15, -0.1) is 0 Å². The van der Waals surface area contributed by atoms with Crippen LogP contribution in [0.3, 0.4) is 0 Å². The molecule has 0 aliphatic heterocycles. The lowest BCUT2D eigenvalue weighted by Crippen LogP contribution is -2.28. The van der Waals surface area contributed by atoms with Crippen LogP contribution in [0, 0.1) is 0 Å². The van der Waals surface area contributed by atoms with Gasteiger partial charge in [0, 0.05) is 6.54 Å². The maximum Gasteiger partial charge on any atom is 0.257 e. The predicted octanol–water partition coefficient (Wildman–Crippen LogP) is 1.97. The number of rotatable bonds is 5. The number of nitrogens with one attached hydrogen (secondary N) is 1. The van der Waals surface area contributed by atoms with Gasteiger partial charge in [-0.05, 0) is 41.1 Å². The summed E-state index contributed by atoms with van der Waals surface area (Å²) in [6.07, 6.45) is 0. The second-order valence-corrected chi connectivity index (χ2v) is 3.89. The highest BCUT2D eigenvalue weighted by Crippen LogP contribution is 2.28. The molecule has 1 aromatic carbocycles. The van der Waals surface area contributed by atoms with Crippen LogP contribution < -0.4 is 14.8 Å². The first-order valence-electron chi connectivity index (χ1n) is 4.90. The van der Waals surface area contributed by atoms with Crippen molar-refractivity contribution in [3.8, 4) is 11.5 Å². The lowest BCUT2D eigenvalue weighted by molar-refractivity contribution is -0.122. The van der Waals surface area contributed by atoms with Gasteiger partial charge in [-0.25, -0.2) is 0 Å². The van der Waals surface area contributed by atoms with Crippen LogP contribution in [-0.2, 0) is 4.79 Å². The highest BCUT2D eigenvalue weighted by atomic mass is 79.9. The van der Waals surface area contributed by atoms with Crippen molar-refractivity contribution in [2.45, 2.75) is 6.92 Å². The number of halogens is 1. The van der Waals surface area contributed by atoms with Crippen molar-refractivity contribution in [1.82, 2.24) is 5.32 Å². The molecule has 1 rings (SSSR count). The van der Waals surface area contributed by atoms with Crippen molar-refractivity contribution in [2.24, 2.45) is 0 Å². The van der Waals surface area contributed by atoms with E-state index in [1.165, 1.54) is 0 Å². The number of carbonyl (C=O) groups is 1. The fraction of sp³-hybridized carbons (Fsp3) is 0.364. The second kappa shape index (κ2) is 6.37. The van der Waals surface area contributed by atoms with Crippen molar-refractivity contribution in [1.29, 1.82) is 0 Å². The van der Waals surface area contributed by atoms with Crippen LogP contribution in [-0.4, -0.2) is 26.2 Å². The topological polar surface area (TPSA) is 47.6 Å². The molecule has 88 valence electrons. The summed E-state index contributed by atoms with van der Waals surface area (Å²) in [4.78, 5) is 11.2. The van der Waals surface area contributed by atoms with Gasteiger partial charge in [0.1, 0.15) is 11.5 Å². The van der Waals surface area contributed by atoms with Crippen LogP contribution in [0.2, 0.25) is 0 Å². The van der Waals surface area contributed by atoms with E-state index in [0.29, 0.717) is 12.3 Å². The number of methoxy groups -OCH3 is 1. The monoisotopic (exact) mass is 287 g/mol. The molecule has 1 aromatic rings. The van der Waals surface area contributed by atoms with Crippen LogP contribution in [0.1, 0.15) is 6.92 Å². The fourth-order valence-electron chi connectivity index (χ4n) is 1.12. The first kappa shape index (κ1) is 12.8. The summed E-state index contributed by atoms with van der Waals surface area (Å²) in [5.74, 6) is 1.22. The van der Waals surface area contributed by atoms with E-state index >= 15 is 0 Å². The van der Waals surface area contributed by atoms with E-state index in [9.17, 15) is 4.79 Å². The molecular formula is C11H14BrNO3. The summed E-state index contributed by atoms with van der Waals surface area (Å²) < 4.78 is 11.1. The van der Waals surface area contributed by atoms with E-state index in [2.05, 4.69) is 21.2 Å². The molecule has 0 saturated heterocycles. The summed E-state index contributed by atoms with van der Waals surface area (Å²) in [5.41, 5.74) is 0. The molecule has 0 radical (unpaired) electrons. The number of ether oxygens (including phenoxy) is 2. The number of carbonyl (C=O) groups excluding carboxylic acids is 1. The lowest BCUT2D eigenvalue weighted by Gasteiger charge is -2.09. The Kier molecular flexibility index (Phi) is 5.11. The van der Waals surface area contributed by atoms with Gasteiger partial charge in [-0.1, -0.05) is 0 Å². The molecule has 0 aromatic heterocycles. The molecule has 0 unspecified atom stereocenters. The smallest absolute Gasteiger partial charge is 0.257 e. The summed E-state index contributed by atoms with van der Waals surface area (Å²) in [5, 5.41) is 2.65. The summed E-state index contributed by atoms with van der Waals surface area (Å²) in [6, 6.07) is 5.31. The Bertz CT molecular complexity index is 368. The lowest BCUT2D eigenvalue weighted by atomic mass is 10.3. The number of hydrogen-bond acceptors (Lipinski definition) is 3. The first-order chi connectivity index (χ1) is 7.67. The van der Waals surface area contributed by atoms with Crippen molar-refractivity contribution >= 4 is 21.8 Å². The maximum atomic E-state index is 11.2. The molecule has 1 amide bonds. The quantitative estimate of drug-likeness (QED) is 0.901. The standard InChI is InChI=1S/C11H14BrNO3/c1-3-13-11(14)7-16-10-5-4-8(15-2)6-9(10)12/h4-6H,3,7H2,1-2H3,(H,13,14). The second-order valence-electron chi connectivity index (χ2n) is 3.04. The summed E-state index contributed by atoms with van der Waals surface area (Å²) >= 11 is 3.34. The van der Waals surface area contributed by atoms with Crippen LogP contribution in [0.15, 0.2) is 22.7 Å². The Hall–Kier alpha value is -1.23. The number of benzene rings is 1. The average Bonchev–Trinajstić information content (AvgIpc) is 2.27. The molecule has 0 atom stereocenters. The van der Waals surface area contributed by atoms with Gasteiger partial charge in [0.15, 0.2) is 6.61 Å². The van der Waals surface area contributed by atoms with Crippen molar-refractivity contribution in [2.75, 3.05) is 20.3 Å². The normalized spacial score (nSPS) is 9.69. The third-order valence-corrected chi connectivity index (χ3v) is 2.49. The van der Waals surface area contributed by atoms with Gasteiger partial charge in [-0.3, -0.25) is 4.79 Å². The third-order valence-electron chi connectivity index (χ3n) is 1.87. The Morgan fingerprint density at radius 1 is 1.50 bits per heavy atom. The minimum absolute atomic E-state index is 0.0127. The minimum atomic E-state index is -0.134. The maximum absolute atomic E-state index is 11.2. The zero-order valence-electron chi connectivity index (χ0n) is 9.25.